The van der Waals surface area contributed by atoms with Gasteiger partial charge in [0.2, 0.25) is 5.91 Å². The highest BCUT2D eigenvalue weighted by molar-refractivity contribution is 5.77. The number of hydrogen-bond acceptors (Lipinski definition) is 2. The van der Waals surface area contributed by atoms with Crippen LogP contribution in [0, 0.1) is 5.92 Å². The van der Waals surface area contributed by atoms with Crippen LogP contribution in [0.5, 0.6) is 0 Å². The van der Waals surface area contributed by atoms with Gasteiger partial charge < -0.3 is 10.2 Å². The second-order valence-electron chi connectivity index (χ2n) is 6.57. The smallest absolute Gasteiger partial charge is 0.224 e. The van der Waals surface area contributed by atoms with Gasteiger partial charge in [0, 0.05) is 25.6 Å². The van der Waals surface area contributed by atoms with Gasteiger partial charge in [-0.3, -0.25) is 4.79 Å². The van der Waals surface area contributed by atoms with Crippen LogP contribution in [0.2, 0.25) is 0 Å². The van der Waals surface area contributed by atoms with Crippen molar-refractivity contribution in [3.63, 3.8) is 0 Å². The van der Waals surface area contributed by atoms with Crippen molar-refractivity contribution in [2.45, 2.75) is 51.6 Å². The Kier molecular flexibility index (Phi) is 4.59. The molecule has 3 heteroatoms. The van der Waals surface area contributed by atoms with Crippen LogP contribution in [0.25, 0.3) is 0 Å². The number of nitrogens with zero attached hydrogens (tertiary/aromatic N) is 1. The first kappa shape index (κ1) is 14.6. The Morgan fingerprint density at radius 1 is 1.29 bits per heavy atom. The Bertz CT molecular complexity index is 500. The van der Waals surface area contributed by atoms with Gasteiger partial charge in [-0.1, -0.05) is 31.2 Å². The molecule has 1 amide bonds. The van der Waals surface area contributed by atoms with Crippen LogP contribution >= 0.6 is 0 Å². The van der Waals surface area contributed by atoms with E-state index in [4.69, 9.17) is 0 Å². The third-order valence-electron chi connectivity index (χ3n) is 5.03. The fourth-order valence-corrected chi connectivity index (χ4v) is 3.62. The Morgan fingerprint density at radius 3 is 2.90 bits per heavy atom. The maximum atomic E-state index is 12.7. The average molecular weight is 286 g/mol. The largest absolute Gasteiger partial charge is 0.338 e. The zero-order valence-electron chi connectivity index (χ0n) is 13.0. The molecular formula is C18H26N2O. The van der Waals surface area contributed by atoms with Crippen LogP contribution in [0.1, 0.15) is 43.7 Å². The van der Waals surface area contributed by atoms with Crippen molar-refractivity contribution in [1.29, 1.82) is 0 Å². The predicted octanol–water partition coefficient (Wildman–Crippen LogP) is 2.74. The van der Waals surface area contributed by atoms with E-state index in [1.54, 1.807) is 0 Å². The number of carbonyl (C=O) groups is 1. The molecule has 1 aromatic rings. The number of aryl methyl sites for hydroxylation is 1. The summed E-state index contributed by atoms with van der Waals surface area (Å²) in [6, 6.07) is 8.92. The van der Waals surface area contributed by atoms with Crippen LogP contribution in [0.3, 0.4) is 0 Å². The average Bonchev–Trinajstić information content (AvgIpc) is 2.72. The molecule has 114 valence electrons. The summed E-state index contributed by atoms with van der Waals surface area (Å²) in [6.07, 6.45) is 5.31. The molecule has 0 bridgehead atoms. The highest BCUT2D eigenvalue weighted by Gasteiger charge is 2.26. The van der Waals surface area contributed by atoms with E-state index in [1.165, 1.54) is 24.0 Å². The zero-order valence-corrected chi connectivity index (χ0v) is 13.0. The first-order valence-electron chi connectivity index (χ1n) is 8.32. The summed E-state index contributed by atoms with van der Waals surface area (Å²) < 4.78 is 0. The van der Waals surface area contributed by atoms with Gasteiger partial charge in [0.05, 0.1) is 0 Å². The summed E-state index contributed by atoms with van der Waals surface area (Å²) in [7, 11) is 0. The van der Waals surface area contributed by atoms with Gasteiger partial charge in [0.15, 0.2) is 0 Å². The normalized spacial score (nSPS) is 26.0. The monoisotopic (exact) mass is 286 g/mol. The third-order valence-corrected chi connectivity index (χ3v) is 5.03. The second kappa shape index (κ2) is 6.61. The summed E-state index contributed by atoms with van der Waals surface area (Å²) in [4.78, 5) is 14.7. The minimum absolute atomic E-state index is 0.318. The molecule has 1 N–H and O–H groups in total. The molecule has 2 unspecified atom stereocenters. The quantitative estimate of drug-likeness (QED) is 0.906. The summed E-state index contributed by atoms with van der Waals surface area (Å²) in [5.41, 5.74) is 2.74. The topological polar surface area (TPSA) is 32.3 Å². The molecule has 2 heterocycles. The molecular weight excluding hydrogens is 260 g/mol. The van der Waals surface area contributed by atoms with E-state index in [1.807, 2.05) is 0 Å². The van der Waals surface area contributed by atoms with Gasteiger partial charge in [0.25, 0.3) is 0 Å². The fourth-order valence-electron chi connectivity index (χ4n) is 3.62. The Hall–Kier alpha value is -1.35. The number of rotatable bonds is 2. The van der Waals surface area contributed by atoms with Crippen molar-refractivity contribution in [3.8, 4) is 0 Å². The van der Waals surface area contributed by atoms with Crippen molar-refractivity contribution >= 4 is 5.91 Å². The number of hydrogen-bond donors (Lipinski definition) is 1. The van der Waals surface area contributed by atoms with Crippen LogP contribution in [0.15, 0.2) is 24.3 Å². The summed E-state index contributed by atoms with van der Waals surface area (Å²) in [5, 5.41) is 3.53. The molecule has 1 aromatic carbocycles. The van der Waals surface area contributed by atoms with E-state index in [9.17, 15) is 4.79 Å². The van der Waals surface area contributed by atoms with E-state index < -0.39 is 0 Å². The van der Waals surface area contributed by atoms with Crippen LogP contribution in [-0.4, -0.2) is 29.9 Å². The number of nitrogens with one attached hydrogen (secondary N) is 1. The predicted molar refractivity (Wildman–Crippen MR) is 85.0 cm³/mol. The number of amides is 1. The molecule has 1 saturated heterocycles. The fraction of sp³-hybridized carbons (Fsp3) is 0.611. The molecule has 21 heavy (non-hydrogen) atoms. The summed E-state index contributed by atoms with van der Waals surface area (Å²) in [5.74, 6) is 0.930. The lowest BCUT2D eigenvalue weighted by atomic mass is 9.90. The molecule has 1 fully saturated rings. The maximum absolute atomic E-state index is 12.7. The molecule has 3 rings (SSSR count). The minimum atomic E-state index is 0.318. The third kappa shape index (κ3) is 3.46. The number of benzene rings is 1. The van der Waals surface area contributed by atoms with Crippen LogP contribution in [0.4, 0.5) is 0 Å². The van der Waals surface area contributed by atoms with Crippen molar-refractivity contribution in [2.24, 2.45) is 5.92 Å². The second-order valence-corrected chi connectivity index (χ2v) is 6.57. The number of carbonyl (C=O) groups excluding carboxylic acids is 1. The van der Waals surface area contributed by atoms with E-state index in [2.05, 4.69) is 41.4 Å². The maximum Gasteiger partial charge on any atom is 0.224 e. The first-order chi connectivity index (χ1) is 10.2. The van der Waals surface area contributed by atoms with E-state index >= 15 is 0 Å². The van der Waals surface area contributed by atoms with Crippen molar-refractivity contribution < 1.29 is 4.79 Å². The van der Waals surface area contributed by atoms with Crippen molar-refractivity contribution in [1.82, 2.24) is 10.2 Å². The summed E-state index contributed by atoms with van der Waals surface area (Å²) in [6.45, 7) is 5.01. The molecule has 0 radical (unpaired) electrons. The number of piperidine rings is 1. The van der Waals surface area contributed by atoms with Crippen molar-refractivity contribution in [3.05, 3.63) is 35.4 Å². The molecule has 2 aliphatic heterocycles. The van der Waals surface area contributed by atoms with Crippen LogP contribution in [-0.2, 0) is 17.8 Å². The highest BCUT2D eigenvalue weighted by Crippen LogP contribution is 2.22. The Labute approximate surface area is 127 Å². The summed E-state index contributed by atoms with van der Waals surface area (Å²) >= 11 is 0. The molecule has 2 atom stereocenters. The lowest BCUT2D eigenvalue weighted by Gasteiger charge is -2.31. The lowest BCUT2D eigenvalue weighted by Crippen LogP contribution is -2.44. The molecule has 0 aliphatic carbocycles. The van der Waals surface area contributed by atoms with Crippen LogP contribution < -0.4 is 5.32 Å². The molecule has 0 aromatic heterocycles. The molecule has 3 nitrogen and oxygen atoms in total. The Morgan fingerprint density at radius 2 is 2.10 bits per heavy atom. The zero-order chi connectivity index (χ0) is 14.7. The van der Waals surface area contributed by atoms with Gasteiger partial charge in [0.1, 0.15) is 0 Å². The van der Waals surface area contributed by atoms with Gasteiger partial charge in [-0.25, -0.2) is 0 Å². The number of fused-ring (bicyclic) bond motifs is 1. The Balaban J connectivity index is 1.65. The van der Waals surface area contributed by atoms with Crippen molar-refractivity contribution in [2.75, 3.05) is 13.1 Å². The lowest BCUT2D eigenvalue weighted by molar-refractivity contribution is -0.132. The van der Waals surface area contributed by atoms with Gasteiger partial charge in [-0.15, -0.1) is 0 Å². The molecule has 0 spiro atoms. The van der Waals surface area contributed by atoms with Gasteiger partial charge in [-0.05, 0) is 49.3 Å². The molecule has 2 aliphatic rings. The van der Waals surface area contributed by atoms with E-state index in [0.717, 1.165) is 32.5 Å². The SMILES string of the molecule is CC1CCCNC1CC(=O)N1CCCc2ccccc2C1. The van der Waals surface area contributed by atoms with Gasteiger partial charge in [-0.2, -0.15) is 0 Å². The molecule has 0 saturated carbocycles. The first-order valence-corrected chi connectivity index (χ1v) is 8.32. The standard InChI is InChI=1S/C18H26N2O/c1-14-6-4-10-19-17(14)12-18(21)20-11-5-9-15-7-2-3-8-16(15)13-20/h2-3,7-8,14,17,19H,4-6,9-13H2,1H3. The highest BCUT2D eigenvalue weighted by atomic mass is 16.2. The van der Waals surface area contributed by atoms with Gasteiger partial charge >= 0.3 is 0 Å². The van der Waals surface area contributed by atoms with E-state index in [0.29, 0.717) is 24.3 Å². The van der Waals surface area contributed by atoms with E-state index in [-0.39, 0.29) is 0 Å². The minimum Gasteiger partial charge on any atom is -0.338 e.